The van der Waals surface area contributed by atoms with Crippen molar-refractivity contribution in [1.29, 1.82) is 0 Å². The van der Waals surface area contributed by atoms with E-state index in [4.69, 9.17) is 0 Å². The molecule has 78 valence electrons. The average Bonchev–Trinajstić information content (AvgIpc) is 2.65. The Morgan fingerprint density at radius 2 is 2.20 bits per heavy atom. The summed E-state index contributed by atoms with van der Waals surface area (Å²) in [7, 11) is 0. The molecule has 15 heavy (non-hydrogen) atoms. The van der Waals surface area contributed by atoms with E-state index in [-0.39, 0.29) is 0 Å². The summed E-state index contributed by atoms with van der Waals surface area (Å²) in [5.74, 6) is 0. The Hall–Kier alpha value is -1.68. The van der Waals surface area contributed by atoms with Gasteiger partial charge in [0.2, 0.25) is 0 Å². The fourth-order valence-electron chi connectivity index (χ4n) is 1.49. The van der Waals surface area contributed by atoms with Crippen LogP contribution >= 0.6 is 0 Å². The third-order valence-corrected chi connectivity index (χ3v) is 2.25. The van der Waals surface area contributed by atoms with Crippen molar-refractivity contribution in [2.45, 2.75) is 20.0 Å². The van der Waals surface area contributed by atoms with E-state index >= 15 is 0 Å². The van der Waals surface area contributed by atoms with Crippen LogP contribution in [0.15, 0.2) is 30.5 Å². The van der Waals surface area contributed by atoms with E-state index in [1.54, 1.807) is 17.8 Å². The lowest BCUT2D eigenvalue weighted by molar-refractivity contribution is 0.191. The molecule has 2 rings (SSSR count). The van der Waals surface area contributed by atoms with Gasteiger partial charge in [-0.15, -0.1) is 5.10 Å². The molecule has 0 amide bonds. The average molecular weight is 203 g/mol. The van der Waals surface area contributed by atoms with Crippen LogP contribution in [0.1, 0.15) is 24.3 Å². The van der Waals surface area contributed by atoms with E-state index in [1.165, 1.54) is 0 Å². The third-order valence-electron chi connectivity index (χ3n) is 2.25. The maximum atomic E-state index is 9.52. The van der Waals surface area contributed by atoms with Crippen molar-refractivity contribution in [3.05, 3.63) is 41.7 Å². The normalized spacial score (nSPS) is 12.7. The lowest BCUT2D eigenvalue weighted by Gasteiger charge is -2.08. The van der Waals surface area contributed by atoms with Crippen LogP contribution in [0.5, 0.6) is 0 Å². The zero-order valence-corrected chi connectivity index (χ0v) is 8.75. The smallest absolute Gasteiger partial charge is 0.0949 e. The molecule has 0 aliphatic heterocycles. The van der Waals surface area contributed by atoms with E-state index in [2.05, 4.69) is 10.3 Å². The lowest BCUT2D eigenvalue weighted by Crippen LogP contribution is -2.05. The Morgan fingerprint density at radius 3 is 2.87 bits per heavy atom. The van der Waals surface area contributed by atoms with Gasteiger partial charge in [-0.05, 0) is 31.5 Å². The van der Waals surface area contributed by atoms with Gasteiger partial charge in [0.25, 0.3) is 0 Å². The van der Waals surface area contributed by atoms with E-state index in [0.717, 1.165) is 11.3 Å². The van der Waals surface area contributed by atoms with Gasteiger partial charge >= 0.3 is 0 Å². The molecule has 1 aromatic carbocycles. The number of rotatable bonds is 2. The number of aromatic nitrogens is 3. The first kappa shape index (κ1) is 9.86. The van der Waals surface area contributed by atoms with Crippen molar-refractivity contribution in [2.24, 2.45) is 0 Å². The van der Waals surface area contributed by atoms with Crippen molar-refractivity contribution < 1.29 is 5.11 Å². The van der Waals surface area contributed by atoms with E-state index in [9.17, 15) is 5.11 Å². The number of aliphatic hydroxyl groups is 1. The maximum Gasteiger partial charge on any atom is 0.0949 e. The van der Waals surface area contributed by atoms with Crippen molar-refractivity contribution in [3.8, 4) is 5.69 Å². The lowest BCUT2D eigenvalue weighted by atomic mass is 10.2. The van der Waals surface area contributed by atoms with Crippen LogP contribution in [0, 0.1) is 6.92 Å². The summed E-state index contributed by atoms with van der Waals surface area (Å²) in [5, 5.41) is 17.3. The molecule has 0 spiro atoms. The summed E-state index contributed by atoms with van der Waals surface area (Å²) >= 11 is 0. The Bertz CT molecular complexity index is 462. The molecule has 1 N–H and O–H groups in total. The molecular formula is C11H13N3O. The Morgan fingerprint density at radius 1 is 1.40 bits per heavy atom. The number of hydrogen-bond acceptors (Lipinski definition) is 3. The minimum absolute atomic E-state index is 0.569. The molecule has 1 atom stereocenters. The molecule has 0 saturated heterocycles. The van der Waals surface area contributed by atoms with Crippen LogP contribution in [0.3, 0.4) is 0 Å². The highest BCUT2D eigenvalue weighted by atomic mass is 16.3. The van der Waals surface area contributed by atoms with Gasteiger partial charge in [-0.1, -0.05) is 17.3 Å². The second-order valence-corrected chi connectivity index (χ2v) is 3.59. The van der Waals surface area contributed by atoms with Gasteiger partial charge in [0.15, 0.2) is 0 Å². The van der Waals surface area contributed by atoms with Crippen molar-refractivity contribution >= 4 is 0 Å². The molecule has 0 aliphatic carbocycles. The van der Waals surface area contributed by atoms with Crippen LogP contribution in [0.4, 0.5) is 0 Å². The molecule has 0 radical (unpaired) electrons. The molecule has 0 saturated carbocycles. The molecule has 1 aromatic heterocycles. The van der Waals surface area contributed by atoms with Crippen LogP contribution in [-0.2, 0) is 0 Å². The molecule has 4 heteroatoms. The first-order valence-electron chi connectivity index (χ1n) is 4.84. The molecule has 1 heterocycles. The molecule has 1 unspecified atom stereocenters. The highest BCUT2D eigenvalue weighted by Gasteiger charge is 2.10. The van der Waals surface area contributed by atoms with E-state index < -0.39 is 6.10 Å². The van der Waals surface area contributed by atoms with Gasteiger partial charge in [-0.2, -0.15) is 0 Å². The quantitative estimate of drug-likeness (QED) is 0.807. The second kappa shape index (κ2) is 3.82. The van der Waals surface area contributed by atoms with Gasteiger partial charge in [0.1, 0.15) is 0 Å². The Kier molecular flexibility index (Phi) is 2.51. The van der Waals surface area contributed by atoms with Gasteiger partial charge in [-0.25, -0.2) is 4.68 Å². The van der Waals surface area contributed by atoms with Crippen LogP contribution in [-0.4, -0.2) is 20.1 Å². The molecule has 0 aliphatic rings. The van der Waals surface area contributed by atoms with Crippen LogP contribution in [0.25, 0.3) is 5.69 Å². The summed E-state index contributed by atoms with van der Waals surface area (Å²) in [6.45, 7) is 3.72. The van der Waals surface area contributed by atoms with Crippen molar-refractivity contribution in [1.82, 2.24) is 15.0 Å². The number of aliphatic hydroxyl groups excluding tert-OH is 1. The molecular weight excluding hydrogens is 190 g/mol. The fourth-order valence-corrected chi connectivity index (χ4v) is 1.49. The van der Waals surface area contributed by atoms with Gasteiger partial charge < -0.3 is 5.11 Å². The topological polar surface area (TPSA) is 50.9 Å². The molecule has 2 aromatic rings. The predicted molar refractivity (Wildman–Crippen MR) is 56.7 cm³/mol. The third kappa shape index (κ3) is 1.89. The summed E-state index contributed by atoms with van der Waals surface area (Å²) in [5.41, 5.74) is 2.77. The van der Waals surface area contributed by atoms with Crippen LogP contribution in [0.2, 0.25) is 0 Å². The monoisotopic (exact) mass is 203 g/mol. The molecule has 0 bridgehead atoms. The second-order valence-electron chi connectivity index (χ2n) is 3.59. The van der Waals surface area contributed by atoms with E-state index in [1.807, 2.05) is 31.2 Å². The maximum absolute atomic E-state index is 9.52. The standard InChI is InChI=1S/C11H13N3O/c1-8-4-3-5-10(6-8)14-11(9(2)15)7-12-13-14/h3-7,9,15H,1-2H3. The van der Waals surface area contributed by atoms with Gasteiger partial charge in [0.05, 0.1) is 23.7 Å². The van der Waals surface area contributed by atoms with Gasteiger partial charge in [0, 0.05) is 0 Å². The molecule has 4 nitrogen and oxygen atoms in total. The van der Waals surface area contributed by atoms with Crippen molar-refractivity contribution in [2.75, 3.05) is 0 Å². The highest BCUT2D eigenvalue weighted by Crippen LogP contribution is 2.16. The highest BCUT2D eigenvalue weighted by molar-refractivity contribution is 5.35. The fraction of sp³-hybridized carbons (Fsp3) is 0.273. The first-order valence-corrected chi connectivity index (χ1v) is 4.84. The van der Waals surface area contributed by atoms with Crippen LogP contribution < -0.4 is 0 Å². The van der Waals surface area contributed by atoms with Gasteiger partial charge in [-0.3, -0.25) is 0 Å². The largest absolute Gasteiger partial charge is 0.387 e. The minimum atomic E-state index is -0.569. The summed E-state index contributed by atoms with van der Waals surface area (Å²) in [4.78, 5) is 0. The predicted octanol–water partition coefficient (Wildman–Crippen LogP) is 1.63. The van der Waals surface area contributed by atoms with Crippen molar-refractivity contribution in [3.63, 3.8) is 0 Å². The summed E-state index contributed by atoms with van der Waals surface area (Å²) in [6, 6.07) is 7.91. The number of aryl methyl sites for hydroxylation is 1. The SMILES string of the molecule is Cc1cccc(-n2nncc2C(C)O)c1. The summed E-state index contributed by atoms with van der Waals surface area (Å²) in [6.07, 6.45) is 1.01. The van der Waals surface area contributed by atoms with E-state index in [0.29, 0.717) is 5.69 Å². The number of benzene rings is 1. The number of hydrogen-bond donors (Lipinski definition) is 1. The Labute approximate surface area is 88.2 Å². The zero-order chi connectivity index (χ0) is 10.8. The summed E-state index contributed by atoms with van der Waals surface area (Å²) < 4.78 is 1.65. The minimum Gasteiger partial charge on any atom is -0.387 e. The zero-order valence-electron chi connectivity index (χ0n) is 8.75. The molecule has 0 fully saturated rings. The Balaban J connectivity index is 2.49. The first-order chi connectivity index (χ1) is 7.18. The number of nitrogens with zero attached hydrogens (tertiary/aromatic N) is 3.